The Kier molecular flexibility index (Phi) is 6.71. The third kappa shape index (κ3) is 4.03. The first-order chi connectivity index (χ1) is 12.2. The number of rotatable bonds is 5. The minimum atomic E-state index is -0.283. The molecule has 0 fully saturated rings. The van der Waals surface area contributed by atoms with Crippen molar-refractivity contribution in [2.45, 2.75) is 19.0 Å². The van der Waals surface area contributed by atoms with Crippen molar-refractivity contribution in [3.63, 3.8) is 0 Å². The fourth-order valence-electron chi connectivity index (χ4n) is 3.02. The Balaban J connectivity index is 0.00000243. The SMILES string of the molecule is COc1cc(NC(=O)C2Cc3ccccc3CN2)cc(OC)c1OC.Cl. The van der Waals surface area contributed by atoms with Crippen molar-refractivity contribution in [1.82, 2.24) is 5.32 Å². The zero-order valence-corrected chi connectivity index (χ0v) is 15.8. The number of nitrogens with one attached hydrogen (secondary N) is 2. The normalized spacial score (nSPS) is 15.3. The predicted molar refractivity (Wildman–Crippen MR) is 103 cm³/mol. The van der Waals surface area contributed by atoms with Gasteiger partial charge in [-0.3, -0.25) is 4.79 Å². The number of fused-ring (bicyclic) bond motifs is 1. The van der Waals surface area contributed by atoms with Crippen LogP contribution in [0.25, 0.3) is 0 Å². The number of methoxy groups -OCH3 is 3. The van der Waals surface area contributed by atoms with Gasteiger partial charge in [0.2, 0.25) is 11.7 Å². The first-order valence-corrected chi connectivity index (χ1v) is 8.07. The molecule has 0 saturated carbocycles. The topological polar surface area (TPSA) is 68.8 Å². The smallest absolute Gasteiger partial charge is 0.241 e. The summed E-state index contributed by atoms with van der Waals surface area (Å²) in [6, 6.07) is 11.3. The minimum Gasteiger partial charge on any atom is -0.493 e. The minimum absolute atomic E-state index is 0. The largest absolute Gasteiger partial charge is 0.493 e. The summed E-state index contributed by atoms with van der Waals surface area (Å²) in [6.45, 7) is 0.684. The van der Waals surface area contributed by atoms with E-state index in [9.17, 15) is 4.79 Å². The van der Waals surface area contributed by atoms with Crippen LogP contribution in [-0.4, -0.2) is 33.3 Å². The maximum Gasteiger partial charge on any atom is 0.241 e. The van der Waals surface area contributed by atoms with Crippen LogP contribution in [0.5, 0.6) is 17.2 Å². The van der Waals surface area contributed by atoms with Crippen LogP contribution in [0.15, 0.2) is 36.4 Å². The van der Waals surface area contributed by atoms with Gasteiger partial charge < -0.3 is 24.8 Å². The van der Waals surface area contributed by atoms with Gasteiger partial charge in [-0.2, -0.15) is 0 Å². The van der Waals surface area contributed by atoms with Gasteiger partial charge in [0.25, 0.3) is 0 Å². The zero-order chi connectivity index (χ0) is 17.8. The molecule has 2 aromatic carbocycles. The van der Waals surface area contributed by atoms with E-state index in [1.165, 1.54) is 11.1 Å². The maximum absolute atomic E-state index is 12.6. The molecule has 0 saturated heterocycles. The van der Waals surface area contributed by atoms with E-state index < -0.39 is 0 Å². The van der Waals surface area contributed by atoms with Gasteiger partial charge in [0, 0.05) is 24.4 Å². The molecule has 26 heavy (non-hydrogen) atoms. The summed E-state index contributed by atoms with van der Waals surface area (Å²) in [7, 11) is 4.63. The summed E-state index contributed by atoms with van der Waals surface area (Å²) in [5, 5.41) is 6.20. The van der Waals surface area contributed by atoms with Crippen molar-refractivity contribution in [2.75, 3.05) is 26.6 Å². The Bertz CT molecular complexity index is 757. The zero-order valence-electron chi connectivity index (χ0n) is 15.0. The van der Waals surface area contributed by atoms with E-state index in [-0.39, 0.29) is 24.4 Å². The molecule has 1 aliphatic heterocycles. The lowest BCUT2D eigenvalue weighted by atomic mass is 9.95. The Labute approximate surface area is 159 Å². The van der Waals surface area contributed by atoms with Gasteiger partial charge in [-0.25, -0.2) is 0 Å². The average molecular weight is 379 g/mol. The molecule has 0 spiro atoms. The van der Waals surface area contributed by atoms with E-state index >= 15 is 0 Å². The van der Waals surface area contributed by atoms with Crippen molar-refractivity contribution in [1.29, 1.82) is 0 Å². The first-order valence-electron chi connectivity index (χ1n) is 8.07. The third-order valence-electron chi connectivity index (χ3n) is 4.33. The van der Waals surface area contributed by atoms with Crippen LogP contribution in [0.3, 0.4) is 0 Å². The highest BCUT2D eigenvalue weighted by Crippen LogP contribution is 2.40. The number of amides is 1. The summed E-state index contributed by atoms with van der Waals surface area (Å²) >= 11 is 0. The molecular formula is C19H23ClN2O4. The van der Waals surface area contributed by atoms with E-state index in [1.807, 2.05) is 12.1 Å². The number of benzene rings is 2. The van der Waals surface area contributed by atoms with E-state index in [4.69, 9.17) is 14.2 Å². The summed E-state index contributed by atoms with van der Waals surface area (Å²) in [5.41, 5.74) is 3.03. The van der Waals surface area contributed by atoms with E-state index in [2.05, 4.69) is 22.8 Å². The molecule has 2 aromatic rings. The van der Waals surface area contributed by atoms with Gasteiger partial charge in [-0.15, -0.1) is 12.4 Å². The van der Waals surface area contributed by atoms with Crippen LogP contribution in [0.4, 0.5) is 5.69 Å². The van der Waals surface area contributed by atoms with E-state index in [1.54, 1.807) is 33.5 Å². The van der Waals surface area contributed by atoms with Crippen LogP contribution < -0.4 is 24.8 Å². The van der Waals surface area contributed by atoms with Crippen molar-refractivity contribution < 1.29 is 19.0 Å². The number of ether oxygens (including phenoxy) is 3. The fourth-order valence-corrected chi connectivity index (χ4v) is 3.02. The van der Waals surface area contributed by atoms with Crippen molar-refractivity contribution in [3.05, 3.63) is 47.5 Å². The Morgan fingerprint density at radius 2 is 1.65 bits per heavy atom. The van der Waals surface area contributed by atoms with Gasteiger partial charge in [0.05, 0.1) is 27.4 Å². The molecule has 2 N–H and O–H groups in total. The fraction of sp³-hybridized carbons (Fsp3) is 0.316. The number of carbonyl (C=O) groups excluding carboxylic acids is 1. The molecular weight excluding hydrogens is 356 g/mol. The highest BCUT2D eigenvalue weighted by atomic mass is 35.5. The second-order valence-corrected chi connectivity index (χ2v) is 5.81. The lowest BCUT2D eigenvalue weighted by molar-refractivity contribution is -0.118. The quantitative estimate of drug-likeness (QED) is 0.837. The molecule has 1 heterocycles. The van der Waals surface area contributed by atoms with Crippen molar-refractivity contribution in [2.24, 2.45) is 0 Å². The highest BCUT2D eigenvalue weighted by Gasteiger charge is 2.24. The number of anilines is 1. The molecule has 1 unspecified atom stereocenters. The second-order valence-electron chi connectivity index (χ2n) is 5.81. The lowest BCUT2D eigenvalue weighted by Gasteiger charge is -2.25. The molecule has 0 bridgehead atoms. The van der Waals surface area contributed by atoms with Gasteiger partial charge >= 0.3 is 0 Å². The molecule has 3 rings (SSSR count). The van der Waals surface area contributed by atoms with Crippen LogP contribution in [0, 0.1) is 0 Å². The first kappa shape index (κ1) is 19.9. The monoisotopic (exact) mass is 378 g/mol. The molecule has 6 nitrogen and oxygen atoms in total. The number of hydrogen-bond donors (Lipinski definition) is 2. The second kappa shape index (κ2) is 8.78. The van der Waals surface area contributed by atoms with Gasteiger partial charge in [0.1, 0.15) is 0 Å². The number of carbonyl (C=O) groups is 1. The maximum atomic E-state index is 12.6. The average Bonchev–Trinajstić information content (AvgIpc) is 2.66. The summed E-state index contributed by atoms with van der Waals surface area (Å²) in [4.78, 5) is 12.6. The van der Waals surface area contributed by atoms with Crippen molar-refractivity contribution in [3.8, 4) is 17.2 Å². The lowest BCUT2D eigenvalue weighted by Crippen LogP contribution is -2.44. The Morgan fingerprint density at radius 1 is 1.04 bits per heavy atom. The summed E-state index contributed by atoms with van der Waals surface area (Å²) < 4.78 is 15.9. The highest BCUT2D eigenvalue weighted by molar-refractivity contribution is 5.95. The molecule has 0 aliphatic carbocycles. The number of halogens is 1. The molecule has 1 aliphatic rings. The van der Waals surface area contributed by atoms with Gasteiger partial charge in [-0.1, -0.05) is 24.3 Å². The van der Waals surface area contributed by atoms with Gasteiger partial charge in [-0.05, 0) is 17.5 Å². The standard InChI is InChI=1S/C19H22N2O4.ClH/c1-23-16-9-14(10-17(24-2)18(16)25-3)21-19(22)15-8-12-6-4-5-7-13(12)11-20-15;/h4-7,9-10,15,20H,8,11H2,1-3H3,(H,21,22);1H. The van der Waals surface area contributed by atoms with Crippen molar-refractivity contribution >= 4 is 24.0 Å². The van der Waals surface area contributed by atoms with Gasteiger partial charge in [0.15, 0.2) is 11.5 Å². The van der Waals surface area contributed by atoms with Crippen LogP contribution in [-0.2, 0) is 17.8 Å². The Morgan fingerprint density at radius 3 is 2.23 bits per heavy atom. The van der Waals surface area contributed by atoms with Crippen LogP contribution in [0.2, 0.25) is 0 Å². The molecule has 0 aromatic heterocycles. The van der Waals surface area contributed by atoms with Crippen LogP contribution in [0.1, 0.15) is 11.1 Å². The molecule has 1 amide bonds. The number of hydrogen-bond acceptors (Lipinski definition) is 5. The summed E-state index contributed by atoms with van der Waals surface area (Å²) in [6.07, 6.45) is 0.659. The predicted octanol–water partition coefficient (Wildman–Crippen LogP) is 2.79. The van der Waals surface area contributed by atoms with Crippen LogP contribution >= 0.6 is 12.4 Å². The molecule has 0 radical (unpaired) electrons. The Hall–Kier alpha value is -2.44. The molecule has 140 valence electrons. The molecule has 1 atom stereocenters. The third-order valence-corrected chi connectivity index (χ3v) is 4.33. The summed E-state index contributed by atoms with van der Waals surface area (Å²) in [5.74, 6) is 1.40. The molecule has 7 heteroatoms. The van der Waals surface area contributed by atoms with E-state index in [0.29, 0.717) is 35.9 Å². The van der Waals surface area contributed by atoms with E-state index in [0.717, 1.165) is 0 Å².